The zero-order valence-electron chi connectivity index (χ0n) is 18.8. The summed E-state index contributed by atoms with van der Waals surface area (Å²) in [5.41, 5.74) is 0.590. The minimum Gasteiger partial charge on any atom is -0.353 e. The van der Waals surface area contributed by atoms with E-state index in [0.717, 1.165) is 38.5 Å². The highest BCUT2D eigenvalue weighted by molar-refractivity contribution is 6.32. The first-order valence-electron chi connectivity index (χ1n) is 11.1. The van der Waals surface area contributed by atoms with Crippen molar-refractivity contribution in [2.45, 2.75) is 26.3 Å². The van der Waals surface area contributed by atoms with E-state index in [2.05, 4.69) is 40.4 Å². The molecule has 1 aromatic carbocycles. The van der Waals surface area contributed by atoms with Crippen LogP contribution in [0.5, 0.6) is 0 Å². The lowest BCUT2D eigenvalue weighted by Crippen LogP contribution is -2.47. The summed E-state index contributed by atoms with van der Waals surface area (Å²) in [5.74, 6) is 2.10. The van der Waals surface area contributed by atoms with Crippen molar-refractivity contribution in [1.29, 1.82) is 0 Å². The smallest absolute Gasteiger partial charge is 0.232 e. The zero-order valence-corrected chi connectivity index (χ0v) is 19.6. The zero-order chi connectivity index (χ0) is 23.2. The van der Waals surface area contributed by atoms with E-state index in [-0.39, 0.29) is 11.9 Å². The second kappa shape index (κ2) is 10.7. The summed E-state index contributed by atoms with van der Waals surface area (Å²) in [6.07, 6.45) is 2.45. The van der Waals surface area contributed by atoms with Crippen LogP contribution in [0.3, 0.4) is 0 Å². The summed E-state index contributed by atoms with van der Waals surface area (Å²) in [4.78, 5) is 22.6. The number of piperazine rings is 1. The van der Waals surface area contributed by atoms with Gasteiger partial charge in [-0.3, -0.25) is 4.90 Å². The Labute approximate surface area is 198 Å². The molecule has 2 N–H and O–H groups in total. The normalized spacial score (nSPS) is 14.5. The molecule has 0 spiro atoms. The number of hydrogen-bond acceptors (Lipinski definition) is 8. The highest BCUT2D eigenvalue weighted by atomic mass is 35.5. The minimum atomic E-state index is -0.319. The molecule has 4 rings (SSSR count). The first kappa shape index (κ1) is 23.1. The number of pyridine rings is 1. The average molecular weight is 471 g/mol. The summed E-state index contributed by atoms with van der Waals surface area (Å²) in [7, 11) is 0. The quantitative estimate of drug-likeness (QED) is 0.511. The minimum absolute atomic E-state index is 0.175. The van der Waals surface area contributed by atoms with Gasteiger partial charge in [0.1, 0.15) is 17.5 Å². The lowest BCUT2D eigenvalue weighted by molar-refractivity contribution is 0.259. The van der Waals surface area contributed by atoms with E-state index in [9.17, 15) is 4.39 Å². The third-order valence-corrected chi connectivity index (χ3v) is 5.54. The summed E-state index contributed by atoms with van der Waals surface area (Å²) in [5, 5.41) is 7.00. The third kappa shape index (κ3) is 6.49. The van der Waals surface area contributed by atoms with Crippen molar-refractivity contribution in [2.24, 2.45) is 0 Å². The van der Waals surface area contributed by atoms with Gasteiger partial charge in [0.2, 0.25) is 11.9 Å². The van der Waals surface area contributed by atoms with E-state index >= 15 is 0 Å². The fourth-order valence-electron chi connectivity index (χ4n) is 3.66. The van der Waals surface area contributed by atoms with Gasteiger partial charge < -0.3 is 15.5 Å². The molecule has 0 atom stereocenters. The van der Waals surface area contributed by atoms with Gasteiger partial charge >= 0.3 is 0 Å². The molecule has 0 unspecified atom stereocenters. The van der Waals surface area contributed by atoms with Crippen LogP contribution in [0.4, 0.5) is 27.8 Å². The van der Waals surface area contributed by atoms with Crippen LogP contribution in [0.25, 0.3) is 0 Å². The topological polar surface area (TPSA) is 82.1 Å². The molecule has 10 heteroatoms. The highest BCUT2D eigenvalue weighted by Gasteiger charge is 2.20. The van der Waals surface area contributed by atoms with E-state index in [4.69, 9.17) is 11.6 Å². The molecular weight excluding hydrogens is 443 g/mol. The van der Waals surface area contributed by atoms with Gasteiger partial charge in [0.05, 0.1) is 5.02 Å². The van der Waals surface area contributed by atoms with Gasteiger partial charge in [-0.05, 0) is 44.2 Å². The largest absolute Gasteiger partial charge is 0.353 e. The van der Waals surface area contributed by atoms with Gasteiger partial charge in [-0.1, -0.05) is 17.7 Å². The van der Waals surface area contributed by atoms with Gasteiger partial charge in [-0.15, -0.1) is 0 Å². The Balaban J connectivity index is 1.39. The van der Waals surface area contributed by atoms with Crippen molar-refractivity contribution in [1.82, 2.24) is 24.8 Å². The molecular formula is C23H28ClFN8. The van der Waals surface area contributed by atoms with Crippen LogP contribution in [0, 0.1) is 5.82 Å². The van der Waals surface area contributed by atoms with Crippen molar-refractivity contribution in [3.8, 4) is 0 Å². The van der Waals surface area contributed by atoms with Crippen LogP contribution in [0.2, 0.25) is 5.02 Å². The van der Waals surface area contributed by atoms with E-state index in [1.165, 1.54) is 12.1 Å². The molecule has 0 radical (unpaired) electrons. The molecule has 3 aromatic rings. The maximum absolute atomic E-state index is 13.6. The van der Waals surface area contributed by atoms with Crippen LogP contribution < -0.4 is 15.5 Å². The molecule has 1 aliphatic heterocycles. The van der Waals surface area contributed by atoms with Crippen molar-refractivity contribution in [2.75, 3.05) is 48.3 Å². The van der Waals surface area contributed by atoms with Crippen LogP contribution in [-0.2, 0) is 6.42 Å². The molecule has 2 aromatic heterocycles. The second-order valence-electron chi connectivity index (χ2n) is 8.22. The monoisotopic (exact) mass is 470 g/mol. The van der Waals surface area contributed by atoms with Crippen LogP contribution in [0.1, 0.15) is 19.7 Å². The van der Waals surface area contributed by atoms with Crippen molar-refractivity contribution < 1.29 is 4.39 Å². The number of nitrogens with one attached hydrogen (secondary N) is 2. The molecule has 1 aliphatic rings. The van der Waals surface area contributed by atoms with E-state index in [0.29, 0.717) is 34.9 Å². The molecule has 1 saturated heterocycles. The Hall–Kier alpha value is -3.04. The maximum Gasteiger partial charge on any atom is 0.232 e. The summed E-state index contributed by atoms with van der Waals surface area (Å²) < 4.78 is 13.6. The van der Waals surface area contributed by atoms with Gasteiger partial charge in [0, 0.05) is 57.1 Å². The van der Waals surface area contributed by atoms with Crippen LogP contribution in [0.15, 0.2) is 42.6 Å². The van der Waals surface area contributed by atoms with E-state index < -0.39 is 0 Å². The van der Waals surface area contributed by atoms with Gasteiger partial charge in [-0.2, -0.15) is 15.0 Å². The molecule has 0 saturated carbocycles. The van der Waals surface area contributed by atoms with Crippen molar-refractivity contribution >= 4 is 35.0 Å². The van der Waals surface area contributed by atoms with Crippen molar-refractivity contribution in [3.05, 3.63) is 59.3 Å². The van der Waals surface area contributed by atoms with E-state index in [1.54, 1.807) is 18.3 Å². The lowest BCUT2D eigenvalue weighted by Gasteiger charge is -2.35. The first-order chi connectivity index (χ1) is 16.0. The predicted octanol–water partition coefficient (Wildman–Crippen LogP) is 3.99. The predicted molar refractivity (Wildman–Crippen MR) is 130 cm³/mol. The van der Waals surface area contributed by atoms with Gasteiger partial charge in [0.25, 0.3) is 0 Å². The van der Waals surface area contributed by atoms with E-state index in [1.807, 2.05) is 26.0 Å². The summed E-state index contributed by atoms with van der Waals surface area (Å²) in [6.45, 7) is 8.41. The number of nitrogens with zero attached hydrogens (tertiary/aromatic N) is 6. The van der Waals surface area contributed by atoms with Gasteiger partial charge in [0.15, 0.2) is 0 Å². The average Bonchev–Trinajstić information content (AvgIpc) is 2.78. The van der Waals surface area contributed by atoms with Gasteiger partial charge in [-0.25, -0.2) is 9.37 Å². The Morgan fingerprint density at radius 2 is 1.82 bits per heavy atom. The Morgan fingerprint density at radius 3 is 2.55 bits per heavy atom. The number of benzene rings is 1. The molecule has 33 heavy (non-hydrogen) atoms. The Morgan fingerprint density at radius 1 is 1.03 bits per heavy atom. The molecule has 8 nitrogen and oxygen atoms in total. The fraction of sp³-hybridized carbons (Fsp3) is 0.391. The number of anilines is 4. The third-order valence-electron chi connectivity index (χ3n) is 5.24. The number of rotatable bonds is 8. The number of halogens is 2. The van der Waals surface area contributed by atoms with Crippen LogP contribution >= 0.6 is 11.6 Å². The maximum atomic E-state index is 13.6. The standard InChI is InChI=1S/C23H28ClFN8/c1-16(2)27-22-29-20(30-23(31-22)28-18-6-3-5-17(25)15-18)8-10-32-11-13-33(14-12-32)21-19(24)7-4-9-26-21/h3-7,9,15-16H,8,10-14H2,1-2H3,(H2,27,28,29,30,31). The molecule has 174 valence electrons. The number of aromatic nitrogens is 4. The second-order valence-corrected chi connectivity index (χ2v) is 8.63. The molecule has 0 bridgehead atoms. The number of hydrogen-bond donors (Lipinski definition) is 2. The fourth-order valence-corrected chi connectivity index (χ4v) is 3.90. The highest BCUT2D eigenvalue weighted by Crippen LogP contribution is 2.23. The summed E-state index contributed by atoms with van der Waals surface area (Å²) >= 11 is 6.29. The summed E-state index contributed by atoms with van der Waals surface area (Å²) in [6, 6.07) is 10.1. The van der Waals surface area contributed by atoms with Crippen LogP contribution in [-0.4, -0.2) is 63.6 Å². The molecule has 0 amide bonds. The SMILES string of the molecule is CC(C)Nc1nc(CCN2CCN(c3ncccc3Cl)CC2)nc(Nc2cccc(F)c2)n1. The molecule has 3 heterocycles. The Bertz CT molecular complexity index is 1070. The molecule has 0 aliphatic carbocycles. The molecule has 1 fully saturated rings. The Kier molecular flexibility index (Phi) is 7.51. The lowest BCUT2D eigenvalue weighted by atomic mass is 10.2. The van der Waals surface area contributed by atoms with Crippen molar-refractivity contribution in [3.63, 3.8) is 0 Å². The first-order valence-corrected chi connectivity index (χ1v) is 11.5.